The standard InChI is InChI=1S/C15H18N4O2/c16-14(20)12-7-4-8-19(9-12)10-13-17-15(18-21-13)11-5-2-1-3-6-11/h1-3,5-6,12H,4,7-10H2,(H2,16,20)/p+1/t12-/m0/s1. The Bertz CT molecular complexity index is 611. The van der Waals surface area contributed by atoms with Gasteiger partial charge in [-0.3, -0.25) is 4.79 Å². The van der Waals surface area contributed by atoms with E-state index in [2.05, 4.69) is 10.1 Å². The number of nitrogens with one attached hydrogen (secondary N) is 1. The Morgan fingerprint density at radius 2 is 2.19 bits per heavy atom. The third kappa shape index (κ3) is 3.28. The zero-order valence-electron chi connectivity index (χ0n) is 11.8. The van der Waals surface area contributed by atoms with E-state index in [9.17, 15) is 4.79 Å². The molecular formula is C15H19N4O2+. The molecule has 21 heavy (non-hydrogen) atoms. The van der Waals surface area contributed by atoms with Crippen molar-refractivity contribution in [3.63, 3.8) is 0 Å². The van der Waals surface area contributed by atoms with Gasteiger partial charge >= 0.3 is 0 Å². The van der Waals surface area contributed by atoms with E-state index < -0.39 is 0 Å². The van der Waals surface area contributed by atoms with Crippen LogP contribution < -0.4 is 10.6 Å². The number of carbonyl (C=O) groups excluding carboxylic acids is 1. The molecule has 6 nitrogen and oxygen atoms in total. The Labute approximate surface area is 122 Å². The van der Waals surface area contributed by atoms with Crippen molar-refractivity contribution in [2.24, 2.45) is 11.7 Å². The van der Waals surface area contributed by atoms with Gasteiger partial charge in [-0.25, -0.2) is 0 Å². The predicted octanol–water partition coefficient (Wildman–Crippen LogP) is 0.0168. The van der Waals surface area contributed by atoms with Crippen molar-refractivity contribution in [2.75, 3.05) is 13.1 Å². The number of hydrogen-bond acceptors (Lipinski definition) is 4. The second-order valence-corrected chi connectivity index (χ2v) is 5.50. The third-order valence-corrected chi connectivity index (χ3v) is 3.92. The minimum Gasteiger partial charge on any atom is -0.369 e. The van der Waals surface area contributed by atoms with Gasteiger partial charge in [0.25, 0.3) is 5.89 Å². The molecule has 1 saturated heterocycles. The van der Waals surface area contributed by atoms with Crippen molar-refractivity contribution in [3.8, 4) is 11.4 Å². The molecule has 6 heteroatoms. The second-order valence-electron chi connectivity index (χ2n) is 5.50. The van der Waals surface area contributed by atoms with Crippen LogP contribution in [0.1, 0.15) is 18.7 Å². The maximum Gasteiger partial charge on any atom is 0.282 e. The molecule has 110 valence electrons. The van der Waals surface area contributed by atoms with Crippen LogP contribution in [0.25, 0.3) is 11.4 Å². The SMILES string of the molecule is NC(=O)[C@H]1CCC[NH+](Cc2nc(-c3ccccc3)no2)C1. The Morgan fingerprint density at radius 1 is 1.38 bits per heavy atom. The molecule has 2 heterocycles. The van der Waals surface area contributed by atoms with Gasteiger partial charge in [-0.05, 0) is 12.8 Å². The number of quaternary nitrogens is 1. The number of aromatic nitrogens is 2. The molecule has 0 spiro atoms. The van der Waals surface area contributed by atoms with Crippen molar-refractivity contribution in [1.29, 1.82) is 0 Å². The zero-order chi connectivity index (χ0) is 14.7. The number of primary amides is 1. The van der Waals surface area contributed by atoms with Crippen LogP contribution in [0.15, 0.2) is 34.9 Å². The molecule has 3 N–H and O–H groups in total. The first-order valence-electron chi connectivity index (χ1n) is 7.23. The minimum atomic E-state index is -0.206. The number of carbonyl (C=O) groups is 1. The largest absolute Gasteiger partial charge is 0.369 e. The van der Waals surface area contributed by atoms with Gasteiger partial charge in [-0.15, -0.1) is 0 Å². The number of nitrogens with zero attached hydrogens (tertiary/aromatic N) is 2. The Balaban J connectivity index is 1.66. The van der Waals surface area contributed by atoms with E-state index in [-0.39, 0.29) is 11.8 Å². The van der Waals surface area contributed by atoms with Gasteiger partial charge < -0.3 is 15.2 Å². The molecule has 1 unspecified atom stereocenters. The lowest BCUT2D eigenvalue weighted by Crippen LogP contribution is -3.12. The highest BCUT2D eigenvalue weighted by Gasteiger charge is 2.28. The van der Waals surface area contributed by atoms with Gasteiger partial charge in [-0.1, -0.05) is 35.5 Å². The number of hydrogen-bond donors (Lipinski definition) is 2. The van der Waals surface area contributed by atoms with Gasteiger partial charge in [0, 0.05) is 5.56 Å². The average molecular weight is 287 g/mol. The van der Waals surface area contributed by atoms with Crippen molar-refractivity contribution in [1.82, 2.24) is 10.1 Å². The van der Waals surface area contributed by atoms with Crippen LogP contribution >= 0.6 is 0 Å². The number of likely N-dealkylation sites (tertiary alicyclic amines) is 1. The second kappa shape index (κ2) is 6.05. The van der Waals surface area contributed by atoms with E-state index in [1.165, 1.54) is 4.90 Å². The monoisotopic (exact) mass is 287 g/mol. The van der Waals surface area contributed by atoms with Gasteiger partial charge in [-0.2, -0.15) is 4.98 Å². The topological polar surface area (TPSA) is 86.5 Å². The summed E-state index contributed by atoms with van der Waals surface area (Å²) in [7, 11) is 0. The number of amides is 1. The highest BCUT2D eigenvalue weighted by Crippen LogP contribution is 2.14. The molecule has 0 radical (unpaired) electrons. The molecule has 1 aliphatic rings. The molecule has 1 aromatic carbocycles. The summed E-state index contributed by atoms with van der Waals surface area (Å²) in [6, 6.07) is 9.74. The first-order valence-corrected chi connectivity index (χ1v) is 7.23. The fourth-order valence-corrected chi connectivity index (χ4v) is 2.80. The molecule has 0 bridgehead atoms. The molecule has 2 aromatic rings. The van der Waals surface area contributed by atoms with E-state index in [1.807, 2.05) is 30.3 Å². The van der Waals surface area contributed by atoms with E-state index in [0.29, 0.717) is 18.3 Å². The van der Waals surface area contributed by atoms with Gasteiger partial charge in [0.1, 0.15) is 0 Å². The van der Waals surface area contributed by atoms with Crippen molar-refractivity contribution >= 4 is 5.91 Å². The Kier molecular flexibility index (Phi) is 3.96. The van der Waals surface area contributed by atoms with Crippen molar-refractivity contribution in [2.45, 2.75) is 19.4 Å². The molecule has 3 rings (SSSR count). The van der Waals surface area contributed by atoms with Crippen LogP contribution in [0.3, 0.4) is 0 Å². The van der Waals surface area contributed by atoms with E-state index in [0.717, 1.165) is 31.5 Å². The molecule has 2 atom stereocenters. The summed E-state index contributed by atoms with van der Waals surface area (Å²) in [6.07, 6.45) is 1.89. The number of piperidine rings is 1. The highest BCUT2D eigenvalue weighted by molar-refractivity contribution is 5.76. The predicted molar refractivity (Wildman–Crippen MR) is 76.1 cm³/mol. The Morgan fingerprint density at radius 3 is 2.95 bits per heavy atom. The van der Waals surface area contributed by atoms with Gasteiger partial charge in [0.05, 0.1) is 19.0 Å². The number of rotatable bonds is 4. The lowest BCUT2D eigenvalue weighted by Gasteiger charge is -2.26. The molecule has 0 saturated carbocycles. The summed E-state index contributed by atoms with van der Waals surface area (Å²) in [4.78, 5) is 17.0. The Hall–Kier alpha value is -2.21. The van der Waals surface area contributed by atoms with Gasteiger partial charge in [0.2, 0.25) is 11.7 Å². The highest BCUT2D eigenvalue weighted by atomic mass is 16.5. The average Bonchev–Trinajstić information content (AvgIpc) is 2.97. The zero-order valence-corrected chi connectivity index (χ0v) is 11.8. The van der Waals surface area contributed by atoms with Crippen LogP contribution in [-0.2, 0) is 11.3 Å². The quantitative estimate of drug-likeness (QED) is 0.830. The summed E-state index contributed by atoms with van der Waals surface area (Å²) in [5.41, 5.74) is 6.34. The first kappa shape index (κ1) is 13.8. The van der Waals surface area contributed by atoms with Crippen LogP contribution in [0.4, 0.5) is 0 Å². The lowest BCUT2D eigenvalue weighted by molar-refractivity contribution is -0.922. The lowest BCUT2D eigenvalue weighted by atomic mass is 9.97. The van der Waals surface area contributed by atoms with Crippen molar-refractivity contribution < 1.29 is 14.2 Å². The molecule has 1 amide bonds. The minimum absolute atomic E-state index is 0.0368. The summed E-state index contributed by atoms with van der Waals surface area (Å²) in [5.74, 6) is 0.968. The van der Waals surface area contributed by atoms with Crippen LogP contribution in [0.2, 0.25) is 0 Å². The number of benzene rings is 1. The fourth-order valence-electron chi connectivity index (χ4n) is 2.80. The summed E-state index contributed by atoms with van der Waals surface area (Å²) in [5, 5.41) is 4.01. The van der Waals surface area contributed by atoms with Crippen LogP contribution in [0.5, 0.6) is 0 Å². The van der Waals surface area contributed by atoms with Crippen LogP contribution in [-0.4, -0.2) is 29.1 Å². The van der Waals surface area contributed by atoms with Gasteiger partial charge in [0.15, 0.2) is 6.54 Å². The number of nitrogens with two attached hydrogens (primary N) is 1. The normalized spacial score (nSPS) is 22.1. The maximum absolute atomic E-state index is 11.3. The summed E-state index contributed by atoms with van der Waals surface area (Å²) < 4.78 is 5.32. The molecular weight excluding hydrogens is 268 g/mol. The summed E-state index contributed by atoms with van der Waals surface area (Å²) >= 11 is 0. The molecule has 0 aliphatic carbocycles. The van der Waals surface area contributed by atoms with Crippen molar-refractivity contribution in [3.05, 3.63) is 36.2 Å². The summed E-state index contributed by atoms with van der Waals surface area (Å²) in [6.45, 7) is 2.40. The smallest absolute Gasteiger partial charge is 0.282 e. The fraction of sp³-hybridized carbons (Fsp3) is 0.400. The molecule has 1 aliphatic heterocycles. The first-order chi connectivity index (χ1) is 10.2. The van der Waals surface area contributed by atoms with E-state index in [4.69, 9.17) is 10.3 Å². The third-order valence-electron chi connectivity index (χ3n) is 3.92. The maximum atomic E-state index is 11.3. The van der Waals surface area contributed by atoms with Crippen LogP contribution in [0, 0.1) is 5.92 Å². The molecule has 1 aromatic heterocycles. The van der Waals surface area contributed by atoms with E-state index in [1.54, 1.807) is 0 Å². The molecule has 1 fully saturated rings. The van der Waals surface area contributed by atoms with E-state index >= 15 is 0 Å².